The molecule has 1 aromatic carbocycles. The van der Waals surface area contributed by atoms with Crippen molar-refractivity contribution in [3.63, 3.8) is 0 Å². The van der Waals surface area contributed by atoms with E-state index < -0.39 is 0 Å². The van der Waals surface area contributed by atoms with Crippen molar-refractivity contribution in [2.75, 3.05) is 18.0 Å². The fourth-order valence-electron chi connectivity index (χ4n) is 3.60. The molecule has 2 aromatic heterocycles. The average molecular weight is 351 g/mol. The smallest absolute Gasteiger partial charge is 0.264 e. The first-order chi connectivity index (χ1) is 12.7. The summed E-state index contributed by atoms with van der Waals surface area (Å²) in [7, 11) is 0. The highest BCUT2D eigenvalue weighted by atomic mass is 16.1. The third kappa shape index (κ3) is 3.20. The van der Waals surface area contributed by atoms with Gasteiger partial charge >= 0.3 is 0 Å². The van der Waals surface area contributed by atoms with Crippen molar-refractivity contribution >= 4 is 22.6 Å². The second kappa shape index (κ2) is 7.03. The van der Waals surface area contributed by atoms with Gasteiger partial charge in [0.25, 0.3) is 11.5 Å². The molecule has 0 spiro atoms. The number of carbonyl (C=O) groups excluding carboxylic acids is 1. The summed E-state index contributed by atoms with van der Waals surface area (Å²) >= 11 is 0. The van der Waals surface area contributed by atoms with E-state index in [1.54, 1.807) is 6.07 Å². The van der Waals surface area contributed by atoms with Crippen molar-refractivity contribution in [3.05, 3.63) is 58.5 Å². The van der Waals surface area contributed by atoms with Crippen molar-refractivity contribution < 1.29 is 4.79 Å². The van der Waals surface area contributed by atoms with Gasteiger partial charge in [-0.3, -0.25) is 9.59 Å². The minimum Gasteiger partial charge on any atom is -0.361 e. The molecule has 1 unspecified atom stereocenters. The molecule has 3 aromatic rings. The molecule has 7 heteroatoms. The van der Waals surface area contributed by atoms with Gasteiger partial charge < -0.3 is 15.2 Å². The Hall–Kier alpha value is -3.09. The third-order valence-corrected chi connectivity index (χ3v) is 4.92. The number of fused-ring (bicyclic) bond motifs is 1. The van der Waals surface area contributed by atoms with E-state index in [0.29, 0.717) is 12.1 Å². The Bertz CT molecular complexity index is 957. The number of nitrogens with zero attached hydrogens (tertiary/aromatic N) is 2. The Morgan fingerprint density at radius 2 is 2.15 bits per heavy atom. The summed E-state index contributed by atoms with van der Waals surface area (Å²) in [6.45, 7) is 1.41. The molecule has 1 aliphatic heterocycles. The monoisotopic (exact) mass is 351 g/mol. The maximum absolute atomic E-state index is 12.7. The van der Waals surface area contributed by atoms with Crippen molar-refractivity contribution in [3.8, 4) is 0 Å². The minimum absolute atomic E-state index is 0.0739. The van der Waals surface area contributed by atoms with Gasteiger partial charge in [-0.1, -0.05) is 6.07 Å². The van der Waals surface area contributed by atoms with E-state index in [1.165, 1.54) is 6.07 Å². The van der Waals surface area contributed by atoms with Crippen molar-refractivity contribution in [2.45, 2.75) is 25.3 Å². The van der Waals surface area contributed by atoms with Crippen molar-refractivity contribution in [1.29, 1.82) is 0 Å². The van der Waals surface area contributed by atoms with Gasteiger partial charge in [-0.15, -0.1) is 0 Å². The molecule has 0 aliphatic carbocycles. The number of rotatable bonds is 4. The maximum atomic E-state index is 12.7. The molecular weight excluding hydrogens is 330 g/mol. The van der Waals surface area contributed by atoms with Crippen LogP contribution in [0.25, 0.3) is 10.9 Å². The molecule has 3 N–H and O–H groups in total. The van der Waals surface area contributed by atoms with Crippen LogP contribution in [0.15, 0.2) is 47.4 Å². The van der Waals surface area contributed by atoms with Crippen LogP contribution in [0.1, 0.15) is 29.6 Å². The summed E-state index contributed by atoms with van der Waals surface area (Å²) in [5.74, 6) is 0.673. The molecule has 0 saturated carbocycles. The minimum atomic E-state index is -0.213. The largest absolute Gasteiger partial charge is 0.361 e. The number of aromatic amines is 2. The van der Waals surface area contributed by atoms with Gasteiger partial charge in [0.1, 0.15) is 5.82 Å². The summed E-state index contributed by atoms with van der Waals surface area (Å²) in [6, 6.07) is 11.0. The second-order valence-electron chi connectivity index (χ2n) is 6.58. The van der Waals surface area contributed by atoms with E-state index >= 15 is 0 Å². The molecule has 7 nitrogen and oxygen atoms in total. The van der Waals surface area contributed by atoms with Crippen LogP contribution >= 0.6 is 0 Å². The van der Waals surface area contributed by atoms with Gasteiger partial charge in [-0.2, -0.15) is 5.10 Å². The number of hydrogen-bond donors (Lipinski definition) is 3. The number of nitrogens with one attached hydrogen (secondary N) is 3. The summed E-state index contributed by atoms with van der Waals surface area (Å²) < 4.78 is 0. The third-order valence-electron chi connectivity index (χ3n) is 4.92. The topological polar surface area (TPSA) is 93.9 Å². The van der Waals surface area contributed by atoms with E-state index in [0.717, 1.165) is 42.5 Å². The van der Waals surface area contributed by atoms with E-state index in [9.17, 15) is 9.59 Å². The lowest BCUT2D eigenvalue weighted by atomic mass is 10.0. The Balaban J connectivity index is 1.48. The lowest BCUT2D eigenvalue weighted by molar-refractivity contribution is 0.0951. The van der Waals surface area contributed by atoms with Crippen LogP contribution in [-0.2, 0) is 0 Å². The fourth-order valence-corrected chi connectivity index (χ4v) is 3.60. The Morgan fingerprint density at radius 1 is 1.23 bits per heavy atom. The number of piperidine rings is 1. The molecule has 4 rings (SSSR count). The average Bonchev–Trinajstić information content (AvgIpc) is 3.16. The van der Waals surface area contributed by atoms with Crippen molar-refractivity contribution in [1.82, 2.24) is 20.5 Å². The molecule has 3 heterocycles. The fraction of sp³-hybridized carbons (Fsp3) is 0.316. The van der Waals surface area contributed by atoms with E-state index in [-0.39, 0.29) is 17.5 Å². The predicted molar refractivity (Wildman–Crippen MR) is 100 cm³/mol. The number of hydrogen-bond acceptors (Lipinski definition) is 4. The van der Waals surface area contributed by atoms with Crippen LogP contribution in [0.2, 0.25) is 0 Å². The van der Waals surface area contributed by atoms with Crippen molar-refractivity contribution in [2.24, 2.45) is 0 Å². The molecule has 1 amide bonds. The second-order valence-corrected chi connectivity index (χ2v) is 6.58. The molecular formula is C19H21N5O2. The van der Waals surface area contributed by atoms with Crippen LogP contribution < -0.4 is 15.8 Å². The molecule has 1 saturated heterocycles. The van der Waals surface area contributed by atoms with Gasteiger partial charge in [0.2, 0.25) is 0 Å². The van der Waals surface area contributed by atoms with Crippen LogP contribution in [0, 0.1) is 0 Å². The first-order valence-corrected chi connectivity index (χ1v) is 8.89. The molecule has 1 aliphatic rings. The van der Waals surface area contributed by atoms with Crippen LogP contribution in [-0.4, -0.2) is 40.2 Å². The number of carbonyl (C=O) groups is 1. The molecule has 26 heavy (non-hydrogen) atoms. The van der Waals surface area contributed by atoms with Gasteiger partial charge in [0.05, 0.1) is 0 Å². The van der Waals surface area contributed by atoms with Crippen LogP contribution in [0.3, 0.4) is 0 Å². The molecule has 0 bridgehead atoms. The quantitative estimate of drug-likeness (QED) is 0.670. The normalized spacial score (nSPS) is 17.4. The van der Waals surface area contributed by atoms with Crippen LogP contribution in [0.5, 0.6) is 0 Å². The number of H-pyrrole nitrogens is 2. The van der Waals surface area contributed by atoms with Gasteiger partial charge in [0, 0.05) is 47.9 Å². The van der Waals surface area contributed by atoms with E-state index in [2.05, 4.69) is 25.4 Å². The van der Waals surface area contributed by atoms with Gasteiger partial charge in [-0.25, -0.2) is 5.10 Å². The summed E-state index contributed by atoms with van der Waals surface area (Å²) in [4.78, 5) is 29.2. The number of aromatic nitrogens is 3. The SMILES string of the molecule is O=C(NCC1CCCCN1c1ccc(=O)[nH]n1)c1cccc2[nH]ccc12. The standard InChI is InChI=1S/C19H21N5O2/c25-18-8-7-17(22-23-18)24-11-2-1-4-13(24)12-21-19(26)15-5-3-6-16-14(15)9-10-20-16/h3,5-10,13,20H,1-2,4,11-12H2,(H,21,26)(H,23,25). The maximum Gasteiger partial charge on any atom is 0.264 e. The zero-order chi connectivity index (χ0) is 17.9. The highest BCUT2D eigenvalue weighted by molar-refractivity contribution is 6.06. The van der Waals surface area contributed by atoms with E-state index in [1.807, 2.05) is 30.5 Å². The molecule has 1 atom stereocenters. The summed E-state index contributed by atoms with van der Waals surface area (Å²) in [6.07, 6.45) is 5.02. The van der Waals surface area contributed by atoms with Gasteiger partial charge in [0.15, 0.2) is 0 Å². The highest BCUT2D eigenvalue weighted by Crippen LogP contribution is 2.22. The number of benzene rings is 1. The molecule has 0 radical (unpaired) electrons. The van der Waals surface area contributed by atoms with Gasteiger partial charge in [-0.05, 0) is 43.5 Å². The predicted octanol–water partition coefficient (Wildman–Crippen LogP) is 2.04. The first-order valence-electron chi connectivity index (χ1n) is 8.89. The summed E-state index contributed by atoms with van der Waals surface area (Å²) in [5.41, 5.74) is 1.41. The highest BCUT2D eigenvalue weighted by Gasteiger charge is 2.24. The Kier molecular flexibility index (Phi) is 4.43. The zero-order valence-corrected chi connectivity index (χ0v) is 14.4. The lowest BCUT2D eigenvalue weighted by Gasteiger charge is -2.36. The Labute approximate surface area is 150 Å². The van der Waals surface area contributed by atoms with Crippen LogP contribution in [0.4, 0.5) is 5.82 Å². The Morgan fingerprint density at radius 3 is 3.00 bits per heavy atom. The molecule has 134 valence electrons. The zero-order valence-electron chi connectivity index (χ0n) is 14.4. The van der Waals surface area contributed by atoms with E-state index in [4.69, 9.17) is 0 Å². The first kappa shape index (κ1) is 16.4. The number of anilines is 1. The lowest BCUT2D eigenvalue weighted by Crippen LogP contribution is -2.47. The molecule has 1 fully saturated rings. The number of amides is 1. The summed E-state index contributed by atoms with van der Waals surface area (Å²) in [5, 5.41) is 10.6.